The molecule has 0 heterocycles. The van der Waals surface area contributed by atoms with Crippen LogP contribution in [0.15, 0.2) is 0 Å². The second kappa shape index (κ2) is 7.76. The second-order valence-electron chi connectivity index (χ2n) is 10.9. The van der Waals surface area contributed by atoms with Crippen molar-refractivity contribution in [1.82, 2.24) is 0 Å². The van der Waals surface area contributed by atoms with Crippen LogP contribution in [0.5, 0.6) is 0 Å². The second-order valence-corrected chi connectivity index (χ2v) is 33.8. The zero-order valence-corrected chi connectivity index (χ0v) is 20.1. The van der Waals surface area contributed by atoms with Gasteiger partial charge in [0.1, 0.15) is 0 Å². The van der Waals surface area contributed by atoms with Crippen molar-refractivity contribution in [1.29, 1.82) is 0 Å². The monoisotopic (exact) mass is 334 g/mol. The standard InChI is InChI=1S/C8H22Si2.C7H20Si2/c1-9(2,3)7-8-10(4,5)6;1-8(2,3)7-9(4,5)6/h7-8H2,1-6H3;7H2,1-6H3. The summed E-state index contributed by atoms with van der Waals surface area (Å²) in [6.45, 7) is 29.6. The molecule has 0 N–H and O–H groups in total. The van der Waals surface area contributed by atoms with Gasteiger partial charge in [0, 0.05) is 32.3 Å². The molecule has 0 fully saturated rings. The van der Waals surface area contributed by atoms with Crippen molar-refractivity contribution in [3.05, 3.63) is 0 Å². The van der Waals surface area contributed by atoms with Crippen LogP contribution in [-0.2, 0) is 0 Å². The van der Waals surface area contributed by atoms with Crippen LogP contribution >= 0.6 is 0 Å². The van der Waals surface area contributed by atoms with Gasteiger partial charge in [-0.1, -0.05) is 96.3 Å². The topological polar surface area (TPSA) is 0 Å². The van der Waals surface area contributed by atoms with Gasteiger partial charge in [-0.05, 0) is 0 Å². The summed E-state index contributed by atoms with van der Waals surface area (Å²) in [6.07, 6.45) is 0. The summed E-state index contributed by atoms with van der Waals surface area (Å²) >= 11 is 0. The minimum absolute atomic E-state index is 0.731. The van der Waals surface area contributed by atoms with Gasteiger partial charge in [-0.2, -0.15) is 0 Å². The lowest BCUT2D eigenvalue weighted by Gasteiger charge is -2.25. The molecule has 0 nitrogen and oxygen atoms in total. The van der Waals surface area contributed by atoms with E-state index in [1.807, 2.05) is 0 Å². The Morgan fingerprint density at radius 2 is 0.579 bits per heavy atom. The van der Waals surface area contributed by atoms with Crippen molar-refractivity contribution < 1.29 is 0 Å². The molecular formula is C15H42Si4. The highest BCUT2D eigenvalue weighted by molar-refractivity contribution is 6.94. The Bertz CT molecular complexity index is 207. The van der Waals surface area contributed by atoms with Crippen molar-refractivity contribution >= 4 is 32.3 Å². The molecule has 19 heavy (non-hydrogen) atoms. The van der Waals surface area contributed by atoms with Crippen LogP contribution in [0.25, 0.3) is 0 Å². The third-order valence-electron chi connectivity index (χ3n) is 2.69. The molecule has 0 aromatic heterocycles. The van der Waals surface area contributed by atoms with Gasteiger partial charge in [0.15, 0.2) is 0 Å². The van der Waals surface area contributed by atoms with Crippen molar-refractivity contribution in [3.63, 3.8) is 0 Å². The van der Waals surface area contributed by atoms with Gasteiger partial charge in [-0.25, -0.2) is 0 Å². The molecule has 0 radical (unpaired) electrons. The van der Waals surface area contributed by atoms with Gasteiger partial charge in [0.05, 0.1) is 0 Å². The molecule has 0 aromatic rings. The molecule has 0 aromatic carbocycles. The molecule has 0 aliphatic rings. The van der Waals surface area contributed by atoms with Gasteiger partial charge in [-0.15, -0.1) is 0 Å². The van der Waals surface area contributed by atoms with E-state index in [1.54, 1.807) is 5.67 Å². The van der Waals surface area contributed by atoms with Gasteiger partial charge in [0.25, 0.3) is 0 Å². The average molecular weight is 335 g/mol. The molecular weight excluding hydrogens is 293 g/mol. The van der Waals surface area contributed by atoms with Crippen molar-refractivity contribution in [2.24, 2.45) is 0 Å². The highest BCUT2D eigenvalue weighted by Gasteiger charge is 2.23. The maximum atomic E-state index is 2.47. The van der Waals surface area contributed by atoms with Crippen LogP contribution in [-0.4, -0.2) is 32.3 Å². The highest BCUT2D eigenvalue weighted by Crippen LogP contribution is 2.19. The fraction of sp³-hybridized carbons (Fsp3) is 1.00. The van der Waals surface area contributed by atoms with E-state index in [9.17, 15) is 0 Å². The molecule has 0 aliphatic heterocycles. The Labute approximate surface area is 128 Å². The van der Waals surface area contributed by atoms with E-state index in [0.717, 1.165) is 0 Å². The van der Waals surface area contributed by atoms with Crippen molar-refractivity contribution in [2.45, 2.75) is 96.3 Å². The summed E-state index contributed by atoms with van der Waals surface area (Å²) in [5, 5.41) is 0. The van der Waals surface area contributed by atoms with Gasteiger partial charge < -0.3 is 0 Å². The van der Waals surface area contributed by atoms with E-state index in [-0.39, 0.29) is 0 Å². The molecule has 0 atom stereocenters. The summed E-state index contributed by atoms with van der Waals surface area (Å²) in [4.78, 5) is 0. The van der Waals surface area contributed by atoms with Crippen LogP contribution in [0.4, 0.5) is 0 Å². The van der Waals surface area contributed by atoms with Crippen LogP contribution in [0, 0.1) is 0 Å². The summed E-state index contributed by atoms with van der Waals surface area (Å²) in [5.74, 6) is 0. The van der Waals surface area contributed by atoms with E-state index in [4.69, 9.17) is 0 Å². The summed E-state index contributed by atoms with van der Waals surface area (Å²) in [6, 6.07) is 3.06. The molecule has 0 aliphatic carbocycles. The first-order chi connectivity index (χ1) is 7.91. The first-order valence-electron chi connectivity index (χ1n) is 7.91. The quantitative estimate of drug-likeness (QED) is 0.481. The smallest absolute Gasteiger partial charge is 0.0439 e. The fourth-order valence-electron chi connectivity index (χ4n) is 2.34. The molecule has 118 valence electrons. The van der Waals surface area contributed by atoms with E-state index < -0.39 is 32.3 Å². The number of hydrogen-bond acceptors (Lipinski definition) is 0. The van der Waals surface area contributed by atoms with Crippen LogP contribution in [0.3, 0.4) is 0 Å². The van der Waals surface area contributed by atoms with Gasteiger partial charge in [0.2, 0.25) is 0 Å². The zero-order valence-electron chi connectivity index (χ0n) is 16.1. The maximum Gasteiger partial charge on any atom is 0.0439 e. The molecule has 0 saturated heterocycles. The van der Waals surface area contributed by atoms with Crippen LogP contribution in [0.2, 0.25) is 96.3 Å². The number of rotatable bonds is 5. The number of hydrogen-bond donors (Lipinski definition) is 0. The Morgan fingerprint density at radius 3 is 0.632 bits per heavy atom. The lowest BCUT2D eigenvalue weighted by atomic mass is 10.9. The maximum absolute atomic E-state index is 2.47. The lowest BCUT2D eigenvalue weighted by Crippen LogP contribution is -2.34. The molecule has 4 heteroatoms. The Balaban J connectivity index is 0. The van der Waals surface area contributed by atoms with Crippen LogP contribution < -0.4 is 0 Å². The first kappa shape index (κ1) is 22.2. The van der Waals surface area contributed by atoms with Crippen molar-refractivity contribution in [2.75, 3.05) is 0 Å². The van der Waals surface area contributed by atoms with E-state index in [0.29, 0.717) is 0 Å². The van der Waals surface area contributed by atoms with Crippen molar-refractivity contribution in [3.8, 4) is 0 Å². The molecule has 0 rings (SSSR count). The Hall–Kier alpha value is 0.868. The highest BCUT2D eigenvalue weighted by atomic mass is 28.4. The normalized spacial score (nSPS) is 13.9. The largest absolute Gasteiger partial charge is 0.0698 e. The fourth-order valence-corrected chi connectivity index (χ4v) is 21.1. The van der Waals surface area contributed by atoms with E-state index in [1.165, 1.54) is 12.1 Å². The Kier molecular flexibility index (Phi) is 9.04. The summed E-state index contributed by atoms with van der Waals surface area (Å²) in [5.41, 5.74) is 1.57. The molecule has 0 bridgehead atoms. The summed E-state index contributed by atoms with van der Waals surface area (Å²) in [7, 11) is -2.93. The van der Waals surface area contributed by atoms with Crippen LogP contribution in [0.1, 0.15) is 0 Å². The van der Waals surface area contributed by atoms with Gasteiger partial charge in [-0.3, -0.25) is 0 Å². The van der Waals surface area contributed by atoms with E-state index >= 15 is 0 Å². The SMILES string of the molecule is C[Si](C)(C)CC[Si](C)(C)C.C[Si](C)(C)C[Si](C)(C)C. The lowest BCUT2D eigenvalue weighted by molar-refractivity contribution is 1.27. The Morgan fingerprint density at radius 1 is 0.368 bits per heavy atom. The predicted octanol–water partition coefficient (Wildman–Crippen LogP) is 6.86. The molecule has 0 saturated carbocycles. The molecule has 0 spiro atoms. The minimum Gasteiger partial charge on any atom is -0.0698 e. The third kappa shape index (κ3) is 27.9. The summed E-state index contributed by atoms with van der Waals surface area (Å²) < 4.78 is 0. The molecule has 0 unspecified atom stereocenters. The van der Waals surface area contributed by atoms with E-state index in [2.05, 4.69) is 78.6 Å². The first-order valence-corrected chi connectivity index (χ1v) is 22.7. The molecule has 0 amide bonds. The zero-order chi connectivity index (χ0) is 16.1. The predicted molar refractivity (Wildman–Crippen MR) is 108 cm³/mol. The third-order valence-corrected chi connectivity index (χ3v) is 15.2. The average Bonchev–Trinajstić information content (AvgIpc) is 1.91. The van der Waals surface area contributed by atoms with Gasteiger partial charge >= 0.3 is 0 Å². The minimum atomic E-state index is -0.732.